The quantitative estimate of drug-likeness (QED) is 0.781. The molecule has 1 saturated heterocycles. The van der Waals surface area contributed by atoms with Crippen LogP contribution in [-0.2, 0) is 0 Å². The van der Waals surface area contributed by atoms with E-state index >= 15 is 0 Å². The van der Waals surface area contributed by atoms with E-state index in [1.807, 2.05) is 0 Å². The Kier molecular flexibility index (Phi) is 6.59. The van der Waals surface area contributed by atoms with Crippen LogP contribution in [0.4, 0.5) is 4.39 Å². The molecule has 3 rings (SSSR count). The van der Waals surface area contributed by atoms with Crippen LogP contribution in [0.5, 0.6) is 0 Å². The summed E-state index contributed by atoms with van der Waals surface area (Å²) in [5.74, 6) is -0.513. The summed E-state index contributed by atoms with van der Waals surface area (Å²) in [6.45, 7) is 4.79. The molecule has 2 aromatic rings. The summed E-state index contributed by atoms with van der Waals surface area (Å²) in [4.78, 5) is 12.5. The van der Waals surface area contributed by atoms with Crippen molar-refractivity contribution < 1.29 is 9.18 Å². The van der Waals surface area contributed by atoms with E-state index in [0.29, 0.717) is 22.4 Å². The molecule has 0 atom stereocenters. The number of nitrogens with zero attached hydrogens (tertiary/aromatic N) is 2. The molecule has 0 unspecified atom stereocenters. The zero-order valence-corrected chi connectivity index (χ0v) is 16.3. The fourth-order valence-corrected chi connectivity index (χ4v) is 3.27. The van der Waals surface area contributed by atoms with Crippen LogP contribution in [0.2, 0.25) is 0 Å². The second-order valence-corrected chi connectivity index (χ2v) is 7.34. The Labute approximate surface area is 160 Å². The molecule has 1 aromatic heterocycles. The molecule has 0 radical (unpaired) electrons. The van der Waals surface area contributed by atoms with Gasteiger partial charge in [0, 0.05) is 12.7 Å². The first-order valence-electron chi connectivity index (χ1n) is 7.97. The van der Waals surface area contributed by atoms with E-state index in [2.05, 4.69) is 38.6 Å². The lowest BCUT2D eigenvalue weighted by molar-refractivity contribution is 0.0916. The number of piperidine rings is 1. The Balaban J connectivity index is 0.00000225. The summed E-state index contributed by atoms with van der Waals surface area (Å²) in [5, 5.41) is 10.6. The molecule has 1 aromatic carbocycles. The maximum Gasteiger partial charge on any atom is 0.272 e. The second kappa shape index (κ2) is 8.29. The predicted molar refractivity (Wildman–Crippen MR) is 101 cm³/mol. The van der Waals surface area contributed by atoms with Gasteiger partial charge in [-0.2, -0.15) is 5.10 Å². The second-order valence-electron chi connectivity index (χ2n) is 6.49. The minimum Gasteiger partial charge on any atom is -0.350 e. The molecule has 0 aliphatic carbocycles. The lowest BCUT2D eigenvalue weighted by Gasteiger charge is -2.34. The first-order valence-corrected chi connectivity index (χ1v) is 8.76. The summed E-state index contributed by atoms with van der Waals surface area (Å²) in [6, 6.07) is 5.96. The van der Waals surface area contributed by atoms with Gasteiger partial charge >= 0.3 is 0 Å². The van der Waals surface area contributed by atoms with Crippen molar-refractivity contribution in [2.24, 2.45) is 5.41 Å². The van der Waals surface area contributed by atoms with Crippen LogP contribution in [0.1, 0.15) is 30.3 Å². The van der Waals surface area contributed by atoms with Crippen molar-refractivity contribution in [1.82, 2.24) is 20.4 Å². The van der Waals surface area contributed by atoms with Gasteiger partial charge in [0.2, 0.25) is 0 Å². The van der Waals surface area contributed by atoms with E-state index in [1.165, 1.54) is 12.1 Å². The Bertz CT molecular complexity index is 729. The maximum absolute atomic E-state index is 13.0. The van der Waals surface area contributed by atoms with Gasteiger partial charge in [-0.1, -0.05) is 6.92 Å². The summed E-state index contributed by atoms with van der Waals surface area (Å²) < 4.78 is 15.2. The Morgan fingerprint density at radius 2 is 2.00 bits per heavy atom. The summed E-state index contributed by atoms with van der Waals surface area (Å²) in [6.07, 6.45) is 3.78. The number of carbonyl (C=O) groups is 1. The fraction of sp³-hybridized carbons (Fsp3) is 0.412. The third kappa shape index (κ3) is 4.80. The van der Waals surface area contributed by atoms with Crippen LogP contribution >= 0.6 is 28.3 Å². The minimum atomic E-state index is -0.307. The minimum absolute atomic E-state index is 0. The van der Waals surface area contributed by atoms with E-state index in [1.54, 1.807) is 23.0 Å². The van der Waals surface area contributed by atoms with E-state index in [4.69, 9.17) is 0 Å². The number of amides is 1. The zero-order valence-electron chi connectivity index (χ0n) is 13.9. The molecule has 1 amide bonds. The summed E-state index contributed by atoms with van der Waals surface area (Å²) >= 11 is 3.38. The van der Waals surface area contributed by atoms with Crippen molar-refractivity contribution in [1.29, 1.82) is 0 Å². The van der Waals surface area contributed by atoms with Crippen molar-refractivity contribution in [3.05, 3.63) is 46.4 Å². The van der Waals surface area contributed by atoms with Crippen LogP contribution in [0.3, 0.4) is 0 Å². The highest BCUT2D eigenvalue weighted by atomic mass is 79.9. The van der Waals surface area contributed by atoms with Gasteiger partial charge in [0.05, 0.1) is 10.2 Å². The van der Waals surface area contributed by atoms with Gasteiger partial charge in [-0.3, -0.25) is 4.79 Å². The molecular weight excluding hydrogens is 411 g/mol. The van der Waals surface area contributed by atoms with Gasteiger partial charge in [-0.25, -0.2) is 9.07 Å². The average Bonchev–Trinajstić information content (AvgIpc) is 2.96. The smallest absolute Gasteiger partial charge is 0.272 e. The third-order valence-electron chi connectivity index (χ3n) is 4.46. The molecule has 0 saturated carbocycles. The molecular formula is C17H21BrClFN4O. The molecule has 8 heteroatoms. The van der Waals surface area contributed by atoms with Gasteiger partial charge in [-0.15, -0.1) is 12.4 Å². The zero-order chi connectivity index (χ0) is 17.2. The number of hydrogen-bond donors (Lipinski definition) is 2. The van der Waals surface area contributed by atoms with E-state index < -0.39 is 0 Å². The first kappa shape index (κ1) is 19.9. The monoisotopic (exact) mass is 430 g/mol. The van der Waals surface area contributed by atoms with Crippen molar-refractivity contribution in [3.8, 4) is 5.69 Å². The number of nitrogens with one attached hydrogen (secondary N) is 2. The Hall–Kier alpha value is -1.44. The van der Waals surface area contributed by atoms with Gasteiger partial charge in [0.25, 0.3) is 5.91 Å². The summed E-state index contributed by atoms with van der Waals surface area (Å²) in [5.41, 5.74) is 1.14. The van der Waals surface area contributed by atoms with Crippen molar-refractivity contribution in [2.75, 3.05) is 19.6 Å². The first-order chi connectivity index (χ1) is 11.5. The van der Waals surface area contributed by atoms with Gasteiger partial charge in [-0.05, 0) is 71.5 Å². The Morgan fingerprint density at radius 3 is 2.64 bits per heavy atom. The molecule has 1 aliphatic heterocycles. The van der Waals surface area contributed by atoms with Crippen LogP contribution in [0, 0.1) is 11.2 Å². The highest BCUT2D eigenvalue weighted by molar-refractivity contribution is 9.10. The molecule has 2 heterocycles. The van der Waals surface area contributed by atoms with Crippen molar-refractivity contribution in [2.45, 2.75) is 19.8 Å². The molecule has 25 heavy (non-hydrogen) atoms. The number of hydrogen-bond acceptors (Lipinski definition) is 3. The predicted octanol–water partition coefficient (Wildman–Crippen LogP) is 3.32. The molecule has 5 nitrogen and oxygen atoms in total. The molecule has 136 valence electrons. The number of aromatic nitrogens is 2. The van der Waals surface area contributed by atoms with Crippen molar-refractivity contribution >= 4 is 34.2 Å². The lowest BCUT2D eigenvalue weighted by atomic mass is 9.81. The average molecular weight is 432 g/mol. The normalized spacial score (nSPS) is 16.1. The number of carbonyl (C=O) groups excluding carboxylic acids is 1. The van der Waals surface area contributed by atoms with Gasteiger partial charge in [0.1, 0.15) is 5.82 Å². The number of halogens is 3. The topological polar surface area (TPSA) is 59.0 Å². The fourth-order valence-electron chi connectivity index (χ4n) is 2.82. The Morgan fingerprint density at radius 1 is 1.36 bits per heavy atom. The lowest BCUT2D eigenvalue weighted by Crippen LogP contribution is -2.43. The maximum atomic E-state index is 13.0. The van der Waals surface area contributed by atoms with Crippen LogP contribution in [-0.4, -0.2) is 35.3 Å². The largest absolute Gasteiger partial charge is 0.350 e. The van der Waals surface area contributed by atoms with Crippen LogP contribution in [0.15, 0.2) is 34.9 Å². The van der Waals surface area contributed by atoms with E-state index in [0.717, 1.165) is 25.9 Å². The van der Waals surface area contributed by atoms with Crippen LogP contribution in [0.25, 0.3) is 5.69 Å². The number of benzene rings is 1. The number of rotatable bonds is 4. The SMILES string of the molecule is CC1(CNC(=O)c2nn(-c3ccc(F)cc3)cc2Br)CCNCC1.Cl. The molecule has 0 bridgehead atoms. The third-order valence-corrected chi connectivity index (χ3v) is 5.04. The van der Waals surface area contributed by atoms with E-state index in [9.17, 15) is 9.18 Å². The highest BCUT2D eigenvalue weighted by Gasteiger charge is 2.28. The highest BCUT2D eigenvalue weighted by Crippen LogP contribution is 2.27. The molecule has 1 fully saturated rings. The van der Waals surface area contributed by atoms with Gasteiger partial charge in [0.15, 0.2) is 5.69 Å². The standard InChI is InChI=1S/C17H20BrFN4O.ClH/c1-17(6-8-20-9-7-17)11-21-16(24)15-14(18)10-23(22-15)13-4-2-12(19)3-5-13;/h2-5,10,20H,6-9,11H2,1H3,(H,21,24);1H. The summed E-state index contributed by atoms with van der Waals surface area (Å²) in [7, 11) is 0. The molecule has 0 spiro atoms. The van der Waals surface area contributed by atoms with E-state index in [-0.39, 0.29) is 29.5 Å². The molecule has 2 N–H and O–H groups in total. The van der Waals surface area contributed by atoms with Crippen LogP contribution < -0.4 is 10.6 Å². The van der Waals surface area contributed by atoms with Gasteiger partial charge < -0.3 is 10.6 Å². The molecule has 1 aliphatic rings. The van der Waals surface area contributed by atoms with Crippen molar-refractivity contribution in [3.63, 3.8) is 0 Å².